The molecule has 0 N–H and O–H groups in total. The number of hydrogen-bond acceptors (Lipinski definition) is 10. The summed E-state index contributed by atoms with van der Waals surface area (Å²) < 4.78 is 24.5. The second-order valence-electron chi connectivity index (χ2n) is 9.38. The van der Waals surface area contributed by atoms with E-state index in [0.29, 0.717) is 37.9 Å². The molecule has 3 aromatic rings. The molecule has 0 amide bonds. The van der Waals surface area contributed by atoms with Gasteiger partial charge in [0.1, 0.15) is 23.3 Å². The fourth-order valence-corrected chi connectivity index (χ4v) is 5.91. The number of aromatic nitrogens is 1. The van der Waals surface area contributed by atoms with Crippen molar-refractivity contribution in [2.24, 2.45) is 4.99 Å². The summed E-state index contributed by atoms with van der Waals surface area (Å²) in [5.74, 6) is 1.89. The normalized spacial score (nSPS) is 18.1. The summed E-state index contributed by atoms with van der Waals surface area (Å²) in [6.07, 6.45) is 1.73. The molecule has 5 rings (SSSR count). The van der Waals surface area contributed by atoms with Crippen LogP contribution in [0.2, 0.25) is 0 Å². The summed E-state index contributed by atoms with van der Waals surface area (Å²) in [6, 6.07) is 8.27. The first-order valence-corrected chi connectivity index (χ1v) is 13.6. The Kier molecular flexibility index (Phi) is 7.62. The Labute approximate surface area is 230 Å². The number of fused-ring (bicyclic) bond motifs is 1. The van der Waals surface area contributed by atoms with E-state index in [1.54, 1.807) is 52.3 Å². The van der Waals surface area contributed by atoms with Crippen molar-refractivity contribution in [3.63, 3.8) is 0 Å². The van der Waals surface area contributed by atoms with Gasteiger partial charge in [0.05, 0.1) is 36.6 Å². The highest BCUT2D eigenvalue weighted by molar-refractivity contribution is 7.07. The van der Waals surface area contributed by atoms with E-state index in [9.17, 15) is 9.59 Å². The third-order valence-electron chi connectivity index (χ3n) is 6.95. The summed E-state index contributed by atoms with van der Waals surface area (Å²) in [6.45, 7) is 7.36. The Balaban J connectivity index is 1.63. The predicted molar refractivity (Wildman–Crippen MR) is 148 cm³/mol. The monoisotopic (exact) mass is 552 g/mol. The van der Waals surface area contributed by atoms with E-state index in [4.69, 9.17) is 18.6 Å². The molecule has 206 valence electrons. The van der Waals surface area contributed by atoms with Gasteiger partial charge in [-0.1, -0.05) is 11.3 Å². The van der Waals surface area contributed by atoms with Crippen molar-refractivity contribution < 1.29 is 23.4 Å². The summed E-state index contributed by atoms with van der Waals surface area (Å²) in [5.41, 5.74) is 1.06. The summed E-state index contributed by atoms with van der Waals surface area (Å²) >= 11 is 1.24. The lowest BCUT2D eigenvalue weighted by Crippen LogP contribution is -2.44. The van der Waals surface area contributed by atoms with Crippen LogP contribution in [-0.4, -0.2) is 69.5 Å². The maximum atomic E-state index is 13.9. The molecular weight excluding hydrogens is 520 g/mol. The zero-order valence-corrected chi connectivity index (χ0v) is 23.5. The van der Waals surface area contributed by atoms with Gasteiger partial charge in [0, 0.05) is 43.9 Å². The Hall–Kier alpha value is -3.83. The van der Waals surface area contributed by atoms with Crippen LogP contribution in [0.4, 0.5) is 5.88 Å². The summed E-state index contributed by atoms with van der Waals surface area (Å²) in [4.78, 5) is 36.7. The van der Waals surface area contributed by atoms with Crippen molar-refractivity contribution in [2.75, 3.05) is 59.0 Å². The van der Waals surface area contributed by atoms with E-state index in [1.165, 1.54) is 15.9 Å². The highest BCUT2D eigenvalue weighted by Crippen LogP contribution is 2.37. The van der Waals surface area contributed by atoms with Gasteiger partial charge in [0.2, 0.25) is 0 Å². The number of piperazine rings is 1. The average Bonchev–Trinajstić information content (AvgIpc) is 3.52. The van der Waals surface area contributed by atoms with E-state index < -0.39 is 12.0 Å². The zero-order valence-electron chi connectivity index (χ0n) is 22.7. The van der Waals surface area contributed by atoms with Gasteiger partial charge >= 0.3 is 5.97 Å². The molecule has 0 radical (unpaired) electrons. The highest BCUT2D eigenvalue weighted by Gasteiger charge is 2.35. The van der Waals surface area contributed by atoms with Gasteiger partial charge in [-0.25, -0.2) is 9.79 Å². The highest BCUT2D eigenvalue weighted by atomic mass is 32.1. The number of methoxy groups -OCH3 is 2. The Morgan fingerprint density at radius 1 is 1.15 bits per heavy atom. The zero-order chi connectivity index (χ0) is 27.7. The number of hydrogen-bond donors (Lipinski definition) is 0. The van der Waals surface area contributed by atoms with Crippen LogP contribution in [0, 0.1) is 0 Å². The molecule has 0 unspecified atom stereocenters. The number of benzene rings is 1. The molecule has 4 heterocycles. The van der Waals surface area contributed by atoms with Crippen LogP contribution in [0.5, 0.6) is 11.5 Å². The number of esters is 1. The molecule has 0 bridgehead atoms. The fourth-order valence-electron chi connectivity index (χ4n) is 4.88. The number of allylic oxidation sites excluding steroid dienone is 1. The van der Waals surface area contributed by atoms with Crippen molar-refractivity contribution in [1.82, 2.24) is 9.47 Å². The number of nitrogens with zero attached hydrogens (tertiary/aromatic N) is 4. The minimum absolute atomic E-state index is 0.191. The molecule has 0 aliphatic carbocycles. The van der Waals surface area contributed by atoms with Gasteiger partial charge in [-0.05, 0) is 45.2 Å². The molecule has 39 heavy (non-hydrogen) atoms. The number of ether oxygens (including phenoxy) is 3. The Morgan fingerprint density at radius 2 is 1.92 bits per heavy atom. The van der Waals surface area contributed by atoms with Crippen LogP contribution in [0.1, 0.15) is 31.2 Å². The van der Waals surface area contributed by atoms with Crippen LogP contribution in [0.25, 0.3) is 6.08 Å². The number of furan rings is 1. The first kappa shape index (κ1) is 26.8. The molecule has 11 heteroatoms. The number of carbonyl (C=O) groups excluding carboxylic acids is 1. The van der Waals surface area contributed by atoms with Crippen molar-refractivity contribution in [1.29, 1.82) is 0 Å². The van der Waals surface area contributed by atoms with Crippen LogP contribution < -0.4 is 29.3 Å². The second kappa shape index (κ2) is 11.1. The standard InChI is InChI=1S/C28H32N4O6S/c1-6-37-27(34)24-17(2)29-28-32(25(24)20-15-18(35-4)7-9-21(20)36-5)26(33)22(39-28)16-19-8-10-23(38-19)31-13-11-30(3)12-14-31/h7-10,15-16,25H,6,11-14H2,1-5H3/t25-/m1/s1. The van der Waals surface area contributed by atoms with Gasteiger partial charge in [0.15, 0.2) is 10.7 Å². The number of thiazole rings is 1. The third kappa shape index (κ3) is 5.11. The molecule has 1 atom stereocenters. The SMILES string of the molecule is CCOC(=O)C1=C(C)N=c2sc(=Cc3ccc(N4CCN(C)CC4)o3)c(=O)n2[C@@H]1c1cc(OC)ccc1OC. The molecule has 1 fully saturated rings. The third-order valence-corrected chi connectivity index (χ3v) is 7.93. The Bertz CT molecular complexity index is 1590. The lowest BCUT2D eigenvalue weighted by Gasteiger charge is -2.32. The molecule has 0 spiro atoms. The van der Waals surface area contributed by atoms with E-state index in [2.05, 4.69) is 21.8 Å². The second-order valence-corrected chi connectivity index (χ2v) is 10.4. The van der Waals surface area contributed by atoms with Crippen molar-refractivity contribution in [3.05, 3.63) is 72.6 Å². The largest absolute Gasteiger partial charge is 0.497 e. The fraction of sp³-hybridized carbons (Fsp3) is 0.393. The maximum Gasteiger partial charge on any atom is 0.338 e. The van der Waals surface area contributed by atoms with Gasteiger partial charge in [-0.15, -0.1) is 0 Å². The molecule has 10 nitrogen and oxygen atoms in total. The summed E-state index contributed by atoms with van der Waals surface area (Å²) in [5, 5.41) is 0. The first-order chi connectivity index (χ1) is 18.8. The van der Waals surface area contributed by atoms with Gasteiger partial charge < -0.3 is 28.4 Å². The van der Waals surface area contributed by atoms with Crippen molar-refractivity contribution in [3.8, 4) is 11.5 Å². The van der Waals surface area contributed by atoms with Crippen LogP contribution in [0.3, 0.4) is 0 Å². The van der Waals surface area contributed by atoms with E-state index in [1.807, 2.05) is 12.1 Å². The molecule has 1 saturated heterocycles. The van der Waals surface area contributed by atoms with E-state index >= 15 is 0 Å². The summed E-state index contributed by atoms with van der Waals surface area (Å²) in [7, 11) is 5.21. The Morgan fingerprint density at radius 3 is 2.62 bits per heavy atom. The molecule has 2 aliphatic rings. The minimum Gasteiger partial charge on any atom is -0.497 e. The molecular formula is C28H32N4O6S. The maximum absolute atomic E-state index is 13.9. The average molecular weight is 553 g/mol. The van der Waals surface area contributed by atoms with Crippen LogP contribution in [-0.2, 0) is 9.53 Å². The number of carbonyl (C=O) groups is 1. The van der Waals surface area contributed by atoms with Gasteiger partial charge in [-0.2, -0.15) is 0 Å². The smallest absolute Gasteiger partial charge is 0.338 e. The van der Waals surface area contributed by atoms with Gasteiger partial charge in [-0.3, -0.25) is 9.36 Å². The minimum atomic E-state index is -0.815. The number of likely N-dealkylation sites (N-methyl/N-ethyl adjacent to an activating group) is 1. The van der Waals surface area contributed by atoms with Gasteiger partial charge in [0.25, 0.3) is 5.56 Å². The van der Waals surface area contributed by atoms with E-state index in [0.717, 1.165) is 32.1 Å². The quantitative estimate of drug-likeness (QED) is 0.412. The molecule has 2 aromatic heterocycles. The topological polar surface area (TPSA) is 98.7 Å². The predicted octanol–water partition coefficient (Wildman–Crippen LogP) is 2.16. The number of rotatable bonds is 7. The molecule has 2 aliphatic heterocycles. The lowest BCUT2D eigenvalue weighted by atomic mass is 9.95. The molecule has 0 saturated carbocycles. The lowest BCUT2D eigenvalue weighted by molar-refractivity contribution is -0.139. The van der Waals surface area contributed by atoms with Crippen molar-refractivity contribution in [2.45, 2.75) is 19.9 Å². The molecule has 1 aromatic carbocycles. The van der Waals surface area contributed by atoms with Crippen LogP contribution >= 0.6 is 11.3 Å². The van der Waals surface area contributed by atoms with Crippen LogP contribution in [0.15, 0.2) is 55.8 Å². The van der Waals surface area contributed by atoms with E-state index in [-0.39, 0.29) is 17.7 Å². The van der Waals surface area contributed by atoms with Crippen molar-refractivity contribution >= 4 is 29.3 Å². The number of anilines is 1. The first-order valence-electron chi connectivity index (χ1n) is 12.8.